The van der Waals surface area contributed by atoms with Crippen molar-refractivity contribution in [2.75, 3.05) is 5.73 Å². The SMILES string of the molecule is CCCn1cc(Oc2ncc(N)cc2Br)cn1. The van der Waals surface area contributed by atoms with E-state index in [-0.39, 0.29) is 0 Å². The maximum absolute atomic E-state index is 5.60. The van der Waals surface area contributed by atoms with Gasteiger partial charge in [-0.3, -0.25) is 4.68 Å². The first-order chi connectivity index (χ1) is 8.19. The number of aryl methyl sites for hydroxylation is 1. The van der Waals surface area contributed by atoms with Gasteiger partial charge in [0.1, 0.15) is 0 Å². The van der Waals surface area contributed by atoms with Crippen molar-refractivity contribution in [3.8, 4) is 11.6 Å². The molecule has 0 bridgehead atoms. The fourth-order valence-electron chi connectivity index (χ4n) is 1.38. The smallest absolute Gasteiger partial charge is 0.233 e. The lowest BCUT2D eigenvalue weighted by Crippen LogP contribution is -1.95. The fourth-order valence-corrected chi connectivity index (χ4v) is 1.82. The summed E-state index contributed by atoms with van der Waals surface area (Å²) in [5.41, 5.74) is 6.19. The van der Waals surface area contributed by atoms with Gasteiger partial charge in [-0.1, -0.05) is 6.92 Å². The Morgan fingerprint density at radius 2 is 2.29 bits per heavy atom. The number of anilines is 1. The minimum Gasteiger partial charge on any atom is -0.435 e. The van der Waals surface area contributed by atoms with Crippen LogP contribution in [0.2, 0.25) is 0 Å². The molecule has 0 unspecified atom stereocenters. The number of halogens is 1. The van der Waals surface area contributed by atoms with Crippen LogP contribution in [0.1, 0.15) is 13.3 Å². The van der Waals surface area contributed by atoms with Gasteiger partial charge in [-0.15, -0.1) is 0 Å². The number of ether oxygens (including phenoxy) is 1. The average molecular weight is 297 g/mol. The zero-order valence-electron chi connectivity index (χ0n) is 9.43. The molecular weight excluding hydrogens is 284 g/mol. The second-order valence-electron chi connectivity index (χ2n) is 3.60. The Labute approximate surface area is 108 Å². The number of nitrogens with two attached hydrogens (primary N) is 1. The maximum atomic E-state index is 5.60. The molecule has 90 valence electrons. The molecule has 0 amide bonds. The fraction of sp³-hybridized carbons (Fsp3) is 0.273. The van der Waals surface area contributed by atoms with Crippen LogP contribution < -0.4 is 10.5 Å². The molecule has 0 aliphatic heterocycles. The molecule has 0 aromatic carbocycles. The number of hydrogen-bond donors (Lipinski definition) is 1. The van der Waals surface area contributed by atoms with Gasteiger partial charge in [-0.2, -0.15) is 5.10 Å². The predicted octanol–water partition coefficient (Wildman–Crippen LogP) is 2.83. The van der Waals surface area contributed by atoms with Crippen molar-refractivity contribution in [1.82, 2.24) is 14.8 Å². The second-order valence-corrected chi connectivity index (χ2v) is 4.45. The number of aromatic nitrogens is 3. The largest absolute Gasteiger partial charge is 0.435 e. The van der Waals surface area contributed by atoms with Crippen molar-refractivity contribution in [2.45, 2.75) is 19.9 Å². The van der Waals surface area contributed by atoms with Crippen LogP contribution in [0.15, 0.2) is 29.1 Å². The number of nitrogens with zero attached hydrogens (tertiary/aromatic N) is 3. The van der Waals surface area contributed by atoms with E-state index >= 15 is 0 Å². The minimum atomic E-state index is 0.482. The maximum Gasteiger partial charge on any atom is 0.233 e. The lowest BCUT2D eigenvalue weighted by Gasteiger charge is -2.04. The second kappa shape index (κ2) is 5.18. The highest BCUT2D eigenvalue weighted by Crippen LogP contribution is 2.28. The van der Waals surface area contributed by atoms with Crippen LogP contribution >= 0.6 is 15.9 Å². The highest BCUT2D eigenvalue weighted by molar-refractivity contribution is 9.10. The van der Waals surface area contributed by atoms with E-state index in [0.29, 0.717) is 17.3 Å². The van der Waals surface area contributed by atoms with Crippen LogP contribution in [0.3, 0.4) is 0 Å². The van der Waals surface area contributed by atoms with E-state index < -0.39 is 0 Å². The van der Waals surface area contributed by atoms with Crippen LogP contribution in [0.25, 0.3) is 0 Å². The van der Waals surface area contributed by atoms with Crippen LogP contribution in [-0.4, -0.2) is 14.8 Å². The van der Waals surface area contributed by atoms with Gasteiger partial charge in [0.15, 0.2) is 5.75 Å². The third-order valence-corrected chi connectivity index (χ3v) is 2.67. The Bertz CT molecular complexity index is 512. The molecule has 0 fully saturated rings. The summed E-state index contributed by atoms with van der Waals surface area (Å²) in [5.74, 6) is 1.15. The van der Waals surface area contributed by atoms with Crippen LogP contribution in [0.4, 0.5) is 5.69 Å². The van der Waals surface area contributed by atoms with E-state index in [9.17, 15) is 0 Å². The Balaban J connectivity index is 2.13. The van der Waals surface area contributed by atoms with E-state index in [1.807, 2.05) is 10.9 Å². The summed E-state index contributed by atoms with van der Waals surface area (Å²) in [7, 11) is 0. The molecule has 0 radical (unpaired) electrons. The molecule has 0 aliphatic rings. The molecule has 0 atom stereocenters. The highest BCUT2D eigenvalue weighted by atomic mass is 79.9. The summed E-state index contributed by atoms with van der Waals surface area (Å²) < 4.78 is 8.15. The van der Waals surface area contributed by atoms with Gasteiger partial charge in [-0.05, 0) is 28.4 Å². The van der Waals surface area contributed by atoms with Gasteiger partial charge in [0.05, 0.1) is 28.8 Å². The van der Waals surface area contributed by atoms with Gasteiger partial charge < -0.3 is 10.5 Å². The number of rotatable bonds is 4. The van der Waals surface area contributed by atoms with E-state index in [2.05, 4.69) is 32.9 Å². The van der Waals surface area contributed by atoms with Crippen molar-refractivity contribution < 1.29 is 4.74 Å². The molecule has 2 aromatic heterocycles. The molecule has 17 heavy (non-hydrogen) atoms. The lowest BCUT2D eigenvalue weighted by molar-refractivity contribution is 0.458. The molecule has 2 N–H and O–H groups in total. The number of pyridine rings is 1. The van der Waals surface area contributed by atoms with E-state index in [0.717, 1.165) is 17.4 Å². The minimum absolute atomic E-state index is 0.482. The van der Waals surface area contributed by atoms with Crippen molar-refractivity contribution >= 4 is 21.6 Å². The molecule has 0 spiro atoms. The first kappa shape index (κ1) is 11.9. The molecule has 2 rings (SSSR count). The zero-order valence-corrected chi connectivity index (χ0v) is 11.0. The molecule has 2 aromatic rings. The molecule has 6 heteroatoms. The van der Waals surface area contributed by atoms with E-state index in [4.69, 9.17) is 10.5 Å². The third kappa shape index (κ3) is 2.97. The normalized spacial score (nSPS) is 10.5. The van der Waals surface area contributed by atoms with Crippen molar-refractivity contribution in [1.29, 1.82) is 0 Å². The standard InChI is InChI=1S/C11H13BrN4O/c1-2-3-16-7-9(6-15-16)17-11-10(12)4-8(13)5-14-11/h4-7H,2-3,13H2,1H3. The lowest BCUT2D eigenvalue weighted by atomic mass is 10.4. The van der Waals surface area contributed by atoms with Crippen molar-refractivity contribution in [3.05, 3.63) is 29.1 Å². The number of nitrogen functional groups attached to an aromatic ring is 1. The van der Waals surface area contributed by atoms with Crippen molar-refractivity contribution in [2.24, 2.45) is 0 Å². The predicted molar refractivity (Wildman–Crippen MR) is 68.9 cm³/mol. The van der Waals surface area contributed by atoms with Gasteiger partial charge in [0.25, 0.3) is 0 Å². The highest BCUT2D eigenvalue weighted by Gasteiger charge is 2.06. The van der Waals surface area contributed by atoms with Gasteiger partial charge in [0.2, 0.25) is 5.88 Å². The van der Waals surface area contributed by atoms with Crippen molar-refractivity contribution in [3.63, 3.8) is 0 Å². The van der Waals surface area contributed by atoms with Gasteiger partial charge >= 0.3 is 0 Å². The molecule has 0 saturated carbocycles. The average Bonchev–Trinajstić information content (AvgIpc) is 2.71. The molecule has 5 nitrogen and oxygen atoms in total. The Hall–Kier alpha value is -1.56. The summed E-state index contributed by atoms with van der Waals surface area (Å²) >= 11 is 3.35. The summed E-state index contributed by atoms with van der Waals surface area (Å²) in [6.07, 6.45) is 6.09. The Morgan fingerprint density at radius 1 is 1.47 bits per heavy atom. The third-order valence-electron chi connectivity index (χ3n) is 2.11. The summed E-state index contributed by atoms with van der Waals surface area (Å²) in [6, 6.07) is 1.75. The summed E-state index contributed by atoms with van der Waals surface area (Å²) in [4.78, 5) is 4.10. The Morgan fingerprint density at radius 3 is 3.00 bits per heavy atom. The van der Waals surface area contributed by atoms with Gasteiger partial charge in [0, 0.05) is 6.54 Å². The first-order valence-corrected chi connectivity index (χ1v) is 6.09. The first-order valence-electron chi connectivity index (χ1n) is 5.30. The Kier molecular flexibility index (Phi) is 3.63. The van der Waals surface area contributed by atoms with Crippen LogP contribution in [0.5, 0.6) is 11.6 Å². The van der Waals surface area contributed by atoms with Crippen LogP contribution in [0, 0.1) is 0 Å². The quantitative estimate of drug-likeness (QED) is 0.942. The monoisotopic (exact) mass is 296 g/mol. The van der Waals surface area contributed by atoms with Crippen LogP contribution in [-0.2, 0) is 6.54 Å². The summed E-state index contributed by atoms with van der Waals surface area (Å²) in [6.45, 7) is 2.97. The number of hydrogen-bond acceptors (Lipinski definition) is 4. The topological polar surface area (TPSA) is 66.0 Å². The van der Waals surface area contributed by atoms with E-state index in [1.54, 1.807) is 18.5 Å². The van der Waals surface area contributed by atoms with E-state index in [1.165, 1.54) is 0 Å². The molecular formula is C11H13BrN4O. The molecule has 0 saturated heterocycles. The summed E-state index contributed by atoms with van der Waals surface area (Å²) in [5, 5.41) is 4.17. The zero-order chi connectivity index (χ0) is 12.3. The molecule has 2 heterocycles. The molecule has 0 aliphatic carbocycles. The van der Waals surface area contributed by atoms with Gasteiger partial charge in [-0.25, -0.2) is 4.98 Å².